The second kappa shape index (κ2) is 5.63. The number of amides is 1. The van der Waals surface area contributed by atoms with E-state index in [0.29, 0.717) is 22.2 Å². The normalized spacial score (nSPS) is 17.4. The van der Waals surface area contributed by atoms with Crippen LogP contribution >= 0.6 is 11.8 Å². The van der Waals surface area contributed by atoms with Crippen LogP contribution in [0.25, 0.3) is 0 Å². The van der Waals surface area contributed by atoms with E-state index in [1.807, 2.05) is 0 Å². The molecule has 0 atom stereocenters. The Morgan fingerprint density at radius 2 is 2.33 bits per heavy atom. The molecular weight excluding hydrogens is 257 g/mol. The van der Waals surface area contributed by atoms with E-state index < -0.39 is 5.82 Å². The summed E-state index contributed by atoms with van der Waals surface area (Å²) in [7, 11) is 1.46. The van der Waals surface area contributed by atoms with Gasteiger partial charge in [-0.25, -0.2) is 4.39 Å². The van der Waals surface area contributed by atoms with Gasteiger partial charge in [0.2, 0.25) is 5.91 Å². The fourth-order valence-electron chi connectivity index (χ4n) is 1.30. The van der Waals surface area contributed by atoms with Crippen molar-refractivity contribution in [3.8, 4) is 5.75 Å². The summed E-state index contributed by atoms with van der Waals surface area (Å²) < 4.78 is 18.1. The summed E-state index contributed by atoms with van der Waals surface area (Å²) in [6, 6.07) is 4.22. The van der Waals surface area contributed by atoms with E-state index in [2.05, 4.69) is 15.5 Å². The highest BCUT2D eigenvalue weighted by atomic mass is 32.2. The van der Waals surface area contributed by atoms with Gasteiger partial charge in [0.25, 0.3) is 0 Å². The van der Waals surface area contributed by atoms with Gasteiger partial charge in [-0.05, 0) is 12.1 Å². The first-order valence-corrected chi connectivity index (χ1v) is 6.04. The molecule has 18 heavy (non-hydrogen) atoms. The van der Waals surface area contributed by atoms with Gasteiger partial charge in [0.15, 0.2) is 5.17 Å². The van der Waals surface area contributed by atoms with Crippen molar-refractivity contribution < 1.29 is 13.9 Å². The van der Waals surface area contributed by atoms with Crippen molar-refractivity contribution in [1.82, 2.24) is 5.32 Å². The first-order valence-electron chi connectivity index (χ1n) is 5.05. The van der Waals surface area contributed by atoms with Crippen molar-refractivity contribution >= 4 is 29.1 Å². The Morgan fingerprint density at radius 1 is 1.50 bits per heavy atom. The highest BCUT2D eigenvalue weighted by Crippen LogP contribution is 2.14. The third-order valence-electron chi connectivity index (χ3n) is 2.07. The Labute approximate surface area is 107 Å². The van der Waals surface area contributed by atoms with Gasteiger partial charge >= 0.3 is 0 Å². The van der Waals surface area contributed by atoms with Crippen LogP contribution in [0.5, 0.6) is 5.75 Å². The number of amidine groups is 1. The Hall–Kier alpha value is -1.89. The van der Waals surface area contributed by atoms with Crippen LogP contribution in [-0.2, 0) is 4.79 Å². The van der Waals surface area contributed by atoms with Gasteiger partial charge in [-0.15, -0.1) is 5.10 Å². The summed E-state index contributed by atoms with van der Waals surface area (Å²) in [5, 5.41) is 10.6. The molecule has 1 aliphatic heterocycles. The number of carbonyl (C=O) groups is 1. The second-order valence-electron chi connectivity index (χ2n) is 3.41. The lowest BCUT2D eigenvalue weighted by Crippen LogP contribution is -2.19. The molecule has 5 nitrogen and oxygen atoms in total. The van der Waals surface area contributed by atoms with Crippen molar-refractivity contribution in [2.75, 3.05) is 12.9 Å². The number of methoxy groups -OCH3 is 1. The highest BCUT2D eigenvalue weighted by molar-refractivity contribution is 8.15. The van der Waals surface area contributed by atoms with E-state index in [0.717, 1.165) is 0 Å². The standard InChI is InChI=1S/C11H10FN3O2S/c1-17-9-3-7(2-8(12)4-9)5-13-15-11-14-10(16)6-18-11/h2-5H,6H2,1H3,(H,14,15,16). The molecule has 0 radical (unpaired) electrons. The number of ether oxygens (including phenoxy) is 1. The Balaban J connectivity index is 2.09. The van der Waals surface area contributed by atoms with Crippen LogP contribution in [0, 0.1) is 5.82 Å². The molecule has 1 heterocycles. The van der Waals surface area contributed by atoms with Crippen molar-refractivity contribution in [2.24, 2.45) is 10.2 Å². The molecule has 0 unspecified atom stereocenters. The van der Waals surface area contributed by atoms with E-state index >= 15 is 0 Å². The quantitative estimate of drug-likeness (QED) is 0.665. The summed E-state index contributed by atoms with van der Waals surface area (Å²) in [5.74, 6) is 0.253. The highest BCUT2D eigenvalue weighted by Gasteiger charge is 2.15. The molecule has 7 heteroatoms. The number of halogens is 1. The third kappa shape index (κ3) is 3.30. The van der Waals surface area contributed by atoms with Gasteiger partial charge in [0.1, 0.15) is 11.6 Å². The average molecular weight is 267 g/mol. The zero-order chi connectivity index (χ0) is 13.0. The Morgan fingerprint density at radius 3 is 3.00 bits per heavy atom. The minimum absolute atomic E-state index is 0.0959. The lowest BCUT2D eigenvalue weighted by molar-refractivity contribution is -0.116. The molecule has 94 valence electrons. The lowest BCUT2D eigenvalue weighted by atomic mass is 10.2. The summed E-state index contributed by atoms with van der Waals surface area (Å²) in [5.41, 5.74) is 0.533. The summed E-state index contributed by atoms with van der Waals surface area (Å²) >= 11 is 1.27. The van der Waals surface area contributed by atoms with Gasteiger partial charge in [-0.2, -0.15) is 5.10 Å². The summed E-state index contributed by atoms with van der Waals surface area (Å²) in [6.07, 6.45) is 1.39. The van der Waals surface area contributed by atoms with Gasteiger partial charge in [0.05, 0.1) is 19.1 Å². The number of nitrogens with one attached hydrogen (secondary N) is 1. The van der Waals surface area contributed by atoms with Gasteiger partial charge in [0, 0.05) is 11.6 Å². The van der Waals surface area contributed by atoms with Crippen LogP contribution in [0.1, 0.15) is 5.56 Å². The fraction of sp³-hybridized carbons (Fsp3) is 0.182. The van der Waals surface area contributed by atoms with Crippen molar-refractivity contribution in [3.05, 3.63) is 29.6 Å². The van der Waals surface area contributed by atoms with Crippen LogP contribution < -0.4 is 10.1 Å². The number of nitrogens with zero attached hydrogens (tertiary/aromatic N) is 2. The number of carbonyl (C=O) groups excluding carboxylic acids is 1. The zero-order valence-corrected chi connectivity index (χ0v) is 10.3. The molecule has 0 aliphatic carbocycles. The van der Waals surface area contributed by atoms with Crippen LogP contribution in [0.4, 0.5) is 4.39 Å². The van der Waals surface area contributed by atoms with Crippen molar-refractivity contribution in [3.63, 3.8) is 0 Å². The molecule has 1 amide bonds. The minimum atomic E-state index is -0.410. The van der Waals surface area contributed by atoms with E-state index in [9.17, 15) is 9.18 Å². The molecule has 1 aliphatic rings. The molecule has 0 spiro atoms. The topological polar surface area (TPSA) is 63.1 Å². The predicted molar refractivity (Wildman–Crippen MR) is 68.6 cm³/mol. The maximum absolute atomic E-state index is 13.2. The number of hydrogen-bond acceptors (Lipinski definition) is 5. The largest absolute Gasteiger partial charge is 0.497 e. The zero-order valence-electron chi connectivity index (χ0n) is 9.51. The number of benzene rings is 1. The molecular formula is C11H10FN3O2S. The Bertz CT molecular complexity index is 531. The molecule has 0 bridgehead atoms. The van der Waals surface area contributed by atoms with Crippen LogP contribution in [0.2, 0.25) is 0 Å². The maximum Gasteiger partial charge on any atom is 0.236 e. The van der Waals surface area contributed by atoms with E-state index in [1.54, 1.807) is 6.07 Å². The van der Waals surface area contributed by atoms with Gasteiger partial charge in [-0.3, -0.25) is 4.79 Å². The lowest BCUT2D eigenvalue weighted by Gasteiger charge is -2.00. The van der Waals surface area contributed by atoms with Gasteiger partial charge < -0.3 is 10.1 Å². The molecule has 1 fully saturated rings. The molecule has 1 N–H and O–H groups in total. The molecule has 0 saturated carbocycles. The van der Waals surface area contributed by atoms with E-state index in [4.69, 9.17) is 4.74 Å². The first-order chi connectivity index (χ1) is 8.67. The average Bonchev–Trinajstić information content (AvgIpc) is 2.74. The summed E-state index contributed by atoms with van der Waals surface area (Å²) in [4.78, 5) is 10.9. The van der Waals surface area contributed by atoms with Crippen LogP contribution in [-0.4, -0.2) is 30.2 Å². The third-order valence-corrected chi connectivity index (χ3v) is 2.93. The van der Waals surface area contributed by atoms with E-state index in [1.165, 1.54) is 37.2 Å². The van der Waals surface area contributed by atoms with Gasteiger partial charge in [-0.1, -0.05) is 11.8 Å². The maximum atomic E-state index is 13.2. The number of thioether (sulfide) groups is 1. The number of hydrogen-bond donors (Lipinski definition) is 1. The predicted octanol–water partition coefficient (Wildman–Crippen LogP) is 1.39. The smallest absolute Gasteiger partial charge is 0.236 e. The second-order valence-corrected chi connectivity index (χ2v) is 4.38. The van der Waals surface area contributed by atoms with Crippen LogP contribution in [0.3, 0.4) is 0 Å². The molecule has 1 saturated heterocycles. The first kappa shape index (κ1) is 12.6. The Kier molecular flexibility index (Phi) is 3.93. The molecule has 0 aromatic heterocycles. The molecule has 2 rings (SSSR count). The monoisotopic (exact) mass is 267 g/mol. The van der Waals surface area contributed by atoms with Crippen LogP contribution in [0.15, 0.2) is 28.4 Å². The molecule has 1 aromatic carbocycles. The summed E-state index contributed by atoms with van der Waals surface area (Å²) in [6.45, 7) is 0. The SMILES string of the molecule is COc1cc(F)cc(C=NN=C2NC(=O)CS2)c1. The van der Waals surface area contributed by atoms with Crippen molar-refractivity contribution in [1.29, 1.82) is 0 Å². The van der Waals surface area contributed by atoms with Crippen molar-refractivity contribution in [2.45, 2.75) is 0 Å². The fourth-order valence-corrected chi connectivity index (χ4v) is 1.93. The molecule has 1 aromatic rings. The van der Waals surface area contributed by atoms with E-state index in [-0.39, 0.29) is 5.91 Å². The minimum Gasteiger partial charge on any atom is -0.497 e. The number of rotatable bonds is 3.